The highest BCUT2D eigenvalue weighted by Gasteiger charge is 2.10. The van der Waals surface area contributed by atoms with Crippen molar-refractivity contribution >= 4 is 5.82 Å². The second kappa shape index (κ2) is 5.07. The molecule has 1 aromatic heterocycles. The number of nitrogens with zero attached hydrogens (tertiary/aromatic N) is 3. The smallest absolute Gasteiger partial charge is 0.151 e. The normalized spacial score (nSPS) is 17.5. The van der Waals surface area contributed by atoms with Gasteiger partial charge in [-0.2, -0.15) is 5.10 Å². The molecular weight excluding hydrogens is 188 g/mol. The summed E-state index contributed by atoms with van der Waals surface area (Å²) >= 11 is 0. The van der Waals surface area contributed by atoms with Gasteiger partial charge in [0.05, 0.1) is 5.69 Å². The largest absolute Gasteiger partial charge is 0.354 e. The van der Waals surface area contributed by atoms with Crippen LogP contribution in [0.2, 0.25) is 0 Å². The van der Waals surface area contributed by atoms with E-state index in [0.29, 0.717) is 0 Å². The molecule has 1 N–H and O–H groups in total. The van der Waals surface area contributed by atoms with Crippen molar-refractivity contribution in [2.75, 3.05) is 31.1 Å². The lowest BCUT2D eigenvalue weighted by atomic mass is 10.3. The topological polar surface area (TPSA) is 41.0 Å². The zero-order chi connectivity index (χ0) is 10.5. The minimum Gasteiger partial charge on any atom is -0.354 e. The molecule has 15 heavy (non-hydrogen) atoms. The van der Waals surface area contributed by atoms with Crippen molar-refractivity contribution in [2.24, 2.45) is 0 Å². The second-order valence-electron chi connectivity index (χ2n) is 3.83. The predicted molar refractivity (Wildman–Crippen MR) is 61.1 cm³/mol. The maximum Gasteiger partial charge on any atom is 0.151 e. The van der Waals surface area contributed by atoms with Crippen molar-refractivity contribution in [3.05, 3.63) is 17.8 Å². The van der Waals surface area contributed by atoms with E-state index in [2.05, 4.69) is 39.5 Å². The van der Waals surface area contributed by atoms with E-state index in [0.717, 1.165) is 44.1 Å². The standard InChI is InChI=1S/C11H18N4/c1-2-10-4-5-11(14-13-10)15-8-3-6-12-7-9-15/h4-5,12H,2-3,6-9H2,1H3. The van der Waals surface area contributed by atoms with Crippen molar-refractivity contribution in [1.82, 2.24) is 15.5 Å². The molecule has 0 radical (unpaired) electrons. The van der Waals surface area contributed by atoms with E-state index in [9.17, 15) is 0 Å². The highest BCUT2D eigenvalue weighted by Crippen LogP contribution is 2.10. The molecule has 4 heteroatoms. The van der Waals surface area contributed by atoms with Gasteiger partial charge in [-0.3, -0.25) is 0 Å². The highest BCUT2D eigenvalue weighted by molar-refractivity contribution is 5.37. The molecule has 4 nitrogen and oxygen atoms in total. The first-order valence-corrected chi connectivity index (χ1v) is 5.68. The maximum atomic E-state index is 4.26. The predicted octanol–water partition coefficient (Wildman–Crippen LogP) is 0.839. The van der Waals surface area contributed by atoms with Gasteiger partial charge >= 0.3 is 0 Å². The maximum absolute atomic E-state index is 4.26. The fourth-order valence-electron chi connectivity index (χ4n) is 1.78. The molecule has 0 aromatic carbocycles. The van der Waals surface area contributed by atoms with Crippen LogP contribution in [0, 0.1) is 0 Å². The van der Waals surface area contributed by atoms with E-state index in [1.165, 1.54) is 6.42 Å². The van der Waals surface area contributed by atoms with Gasteiger partial charge in [0.2, 0.25) is 0 Å². The molecule has 1 aliphatic rings. The van der Waals surface area contributed by atoms with E-state index >= 15 is 0 Å². The van der Waals surface area contributed by atoms with Crippen molar-refractivity contribution in [1.29, 1.82) is 0 Å². The molecule has 0 atom stereocenters. The van der Waals surface area contributed by atoms with Crippen LogP contribution in [-0.2, 0) is 6.42 Å². The monoisotopic (exact) mass is 206 g/mol. The van der Waals surface area contributed by atoms with E-state index in [-0.39, 0.29) is 0 Å². The Balaban J connectivity index is 2.06. The number of rotatable bonds is 2. The first-order valence-electron chi connectivity index (χ1n) is 5.68. The molecule has 1 fully saturated rings. The second-order valence-corrected chi connectivity index (χ2v) is 3.83. The van der Waals surface area contributed by atoms with E-state index < -0.39 is 0 Å². The van der Waals surface area contributed by atoms with Crippen LogP contribution in [0.1, 0.15) is 19.0 Å². The summed E-state index contributed by atoms with van der Waals surface area (Å²) in [5, 5.41) is 11.8. The minimum absolute atomic E-state index is 0.953. The van der Waals surface area contributed by atoms with Gasteiger partial charge in [0.15, 0.2) is 5.82 Å². The molecule has 0 aliphatic carbocycles. The molecule has 0 spiro atoms. The van der Waals surface area contributed by atoms with Gasteiger partial charge in [-0.25, -0.2) is 0 Å². The lowest BCUT2D eigenvalue weighted by Crippen LogP contribution is -2.28. The first-order chi connectivity index (χ1) is 7.40. The molecular formula is C11H18N4. The van der Waals surface area contributed by atoms with Crippen molar-refractivity contribution in [2.45, 2.75) is 19.8 Å². The van der Waals surface area contributed by atoms with Crippen LogP contribution >= 0.6 is 0 Å². The fraction of sp³-hybridized carbons (Fsp3) is 0.636. The number of anilines is 1. The Morgan fingerprint density at radius 3 is 2.93 bits per heavy atom. The summed E-state index contributed by atoms with van der Waals surface area (Å²) in [6, 6.07) is 4.15. The molecule has 82 valence electrons. The van der Waals surface area contributed by atoms with Crippen LogP contribution in [0.25, 0.3) is 0 Å². The number of nitrogens with one attached hydrogen (secondary N) is 1. The third kappa shape index (κ3) is 2.65. The summed E-state index contributed by atoms with van der Waals surface area (Å²) in [6.45, 7) is 6.35. The zero-order valence-corrected chi connectivity index (χ0v) is 9.24. The van der Waals surface area contributed by atoms with Crippen LogP contribution in [0.4, 0.5) is 5.82 Å². The van der Waals surface area contributed by atoms with E-state index in [1.54, 1.807) is 0 Å². The zero-order valence-electron chi connectivity index (χ0n) is 9.24. The number of hydrogen-bond donors (Lipinski definition) is 1. The van der Waals surface area contributed by atoms with Crippen LogP contribution in [0.15, 0.2) is 12.1 Å². The van der Waals surface area contributed by atoms with Gasteiger partial charge in [-0.1, -0.05) is 6.92 Å². The summed E-state index contributed by atoms with van der Waals surface area (Å²) in [7, 11) is 0. The van der Waals surface area contributed by atoms with Gasteiger partial charge in [0.25, 0.3) is 0 Å². The average Bonchev–Trinajstić information content (AvgIpc) is 2.58. The molecule has 1 saturated heterocycles. The molecule has 0 unspecified atom stereocenters. The summed E-state index contributed by atoms with van der Waals surface area (Å²) in [4.78, 5) is 2.30. The van der Waals surface area contributed by atoms with Crippen LogP contribution in [-0.4, -0.2) is 36.4 Å². The SMILES string of the molecule is CCc1ccc(N2CCCNCC2)nn1. The van der Waals surface area contributed by atoms with Gasteiger partial charge < -0.3 is 10.2 Å². The third-order valence-corrected chi connectivity index (χ3v) is 2.73. The Morgan fingerprint density at radius 1 is 1.27 bits per heavy atom. The lowest BCUT2D eigenvalue weighted by Gasteiger charge is -2.20. The molecule has 1 aromatic rings. The van der Waals surface area contributed by atoms with Gasteiger partial charge in [-0.05, 0) is 31.5 Å². The van der Waals surface area contributed by atoms with Gasteiger partial charge in [0.1, 0.15) is 0 Å². The Morgan fingerprint density at radius 2 is 2.20 bits per heavy atom. The summed E-state index contributed by atoms with van der Waals surface area (Å²) in [5.74, 6) is 1.01. The Labute approximate surface area is 90.7 Å². The molecule has 1 aliphatic heterocycles. The number of aryl methyl sites for hydroxylation is 1. The number of aromatic nitrogens is 2. The Bertz CT molecular complexity index is 288. The molecule has 2 heterocycles. The van der Waals surface area contributed by atoms with Crippen LogP contribution in [0.5, 0.6) is 0 Å². The van der Waals surface area contributed by atoms with Crippen molar-refractivity contribution in [3.8, 4) is 0 Å². The molecule has 2 rings (SSSR count). The lowest BCUT2D eigenvalue weighted by molar-refractivity contribution is 0.724. The summed E-state index contributed by atoms with van der Waals surface area (Å²) in [6.07, 6.45) is 2.13. The minimum atomic E-state index is 0.953. The average molecular weight is 206 g/mol. The summed E-state index contributed by atoms with van der Waals surface area (Å²) < 4.78 is 0. The third-order valence-electron chi connectivity index (χ3n) is 2.73. The van der Waals surface area contributed by atoms with Crippen molar-refractivity contribution in [3.63, 3.8) is 0 Å². The quantitative estimate of drug-likeness (QED) is 0.778. The first kappa shape index (κ1) is 10.4. The highest BCUT2D eigenvalue weighted by atomic mass is 15.3. The number of hydrogen-bond acceptors (Lipinski definition) is 4. The molecule has 0 amide bonds. The van der Waals surface area contributed by atoms with Crippen LogP contribution in [0.3, 0.4) is 0 Å². The Hall–Kier alpha value is -1.16. The fourth-order valence-corrected chi connectivity index (χ4v) is 1.78. The van der Waals surface area contributed by atoms with Crippen LogP contribution < -0.4 is 10.2 Å². The van der Waals surface area contributed by atoms with E-state index in [1.807, 2.05) is 0 Å². The summed E-state index contributed by atoms with van der Waals surface area (Å²) in [5.41, 5.74) is 1.06. The Kier molecular flexibility index (Phi) is 3.50. The van der Waals surface area contributed by atoms with Crippen molar-refractivity contribution < 1.29 is 0 Å². The molecule has 0 saturated carbocycles. The van der Waals surface area contributed by atoms with Gasteiger partial charge in [0, 0.05) is 19.6 Å². The van der Waals surface area contributed by atoms with Gasteiger partial charge in [-0.15, -0.1) is 5.10 Å². The molecule has 0 bridgehead atoms. The van der Waals surface area contributed by atoms with E-state index in [4.69, 9.17) is 0 Å².